The van der Waals surface area contributed by atoms with Crippen LogP contribution in [0.1, 0.15) is 12.0 Å². The number of methoxy groups -OCH3 is 1. The normalized spacial score (nSPS) is 14.1. The first kappa shape index (κ1) is 21.2. The van der Waals surface area contributed by atoms with E-state index in [-0.39, 0.29) is 25.2 Å². The molecule has 1 heterocycles. The van der Waals surface area contributed by atoms with E-state index in [1.54, 1.807) is 24.3 Å². The number of ether oxygens (including phenoxy) is 3. The van der Waals surface area contributed by atoms with Crippen LogP contribution in [0.2, 0.25) is 0 Å². The molecule has 0 saturated carbocycles. The van der Waals surface area contributed by atoms with E-state index in [4.69, 9.17) is 15.2 Å². The summed E-state index contributed by atoms with van der Waals surface area (Å²) in [4.78, 5) is 27.1. The molecular weight excluding hydrogens is 394 g/mol. The molecule has 28 heavy (non-hydrogen) atoms. The summed E-state index contributed by atoms with van der Waals surface area (Å²) >= 11 is 0. The van der Waals surface area contributed by atoms with Gasteiger partial charge in [0.25, 0.3) is 16.0 Å². The van der Waals surface area contributed by atoms with Gasteiger partial charge >= 0.3 is 5.97 Å². The summed E-state index contributed by atoms with van der Waals surface area (Å²) < 4.78 is 41.6. The van der Waals surface area contributed by atoms with Crippen molar-refractivity contribution in [3.8, 4) is 11.5 Å². The van der Waals surface area contributed by atoms with E-state index in [9.17, 15) is 18.0 Å². The van der Waals surface area contributed by atoms with Crippen LogP contribution in [0.4, 0.5) is 0 Å². The maximum Gasteiger partial charge on any atom is 0.343 e. The van der Waals surface area contributed by atoms with Crippen molar-refractivity contribution in [3.05, 3.63) is 29.3 Å². The second kappa shape index (κ2) is 9.19. The van der Waals surface area contributed by atoms with Crippen molar-refractivity contribution in [2.24, 2.45) is 10.7 Å². The number of fused-ring (bicyclic) bond motifs is 1. The zero-order valence-electron chi connectivity index (χ0n) is 15.1. The second-order valence-electron chi connectivity index (χ2n) is 5.50. The molecule has 0 aromatic heterocycles. The van der Waals surface area contributed by atoms with Crippen molar-refractivity contribution in [3.63, 3.8) is 0 Å². The highest BCUT2D eigenvalue weighted by molar-refractivity contribution is 7.85. The van der Waals surface area contributed by atoms with Crippen molar-refractivity contribution in [2.45, 2.75) is 6.42 Å². The highest BCUT2D eigenvalue weighted by atomic mass is 32.2. The zero-order chi connectivity index (χ0) is 20.7. The Morgan fingerprint density at radius 2 is 2.11 bits per heavy atom. The number of carbonyl (C=O) groups excluding carboxylic acids is 2. The van der Waals surface area contributed by atoms with E-state index in [1.165, 1.54) is 7.11 Å². The number of hydroxylamine groups is 1. The molecule has 11 nitrogen and oxygen atoms in total. The molecule has 0 atom stereocenters. The molecule has 0 bridgehead atoms. The Balaban J connectivity index is 2.19. The second-order valence-corrected chi connectivity index (χ2v) is 7.07. The van der Waals surface area contributed by atoms with Crippen LogP contribution >= 0.6 is 0 Å². The van der Waals surface area contributed by atoms with E-state index in [0.717, 1.165) is 6.26 Å². The van der Waals surface area contributed by atoms with Gasteiger partial charge in [0.1, 0.15) is 0 Å². The number of benzene rings is 1. The molecule has 1 aliphatic heterocycles. The number of carbonyl (C=O) groups is 2. The molecule has 0 unspecified atom stereocenters. The highest BCUT2D eigenvalue weighted by Gasteiger charge is 2.19. The lowest BCUT2D eigenvalue weighted by atomic mass is 10.1. The van der Waals surface area contributed by atoms with E-state index < -0.39 is 28.0 Å². The largest absolute Gasteiger partial charge is 0.489 e. The third-order valence-electron chi connectivity index (χ3n) is 3.32. The highest BCUT2D eigenvalue weighted by Crippen LogP contribution is 2.35. The summed E-state index contributed by atoms with van der Waals surface area (Å²) in [7, 11) is -2.56. The first-order chi connectivity index (χ1) is 13.2. The number of hydrogen-bond donors (Lipinski definition) is 2. The van der Waals surface area contributed by atoms with Gasteiger partial charge < -0.3 is 19.9 Å². The third kappa shape index (κ3) is 6.25. The van der Waals surface area contributed by atoms with Crippen LogP contribution in [0.3, 0.4) is 0 Å². The number of nitrogens with one attached hydrogen (secondary N) is 1. The predicted octanol–water partition coefficient (Wildman–Crippen LogP) is -0.274. The minimum absolute atomic E-state index is 0.145. The molecule has 1 amide bonds. The lowest BCUT2D eigenvalue weighted by Gasteiger charge is -2.12. The van der Waals surface area contributed by atoms with Gasteiger partial charge in [-0.15, -0.1) is 4.28 Å². The molecule has 1 aromatic rings. The smallest absolute Gasteiger partial charge is 0.343 e. The molecule has 152 valence electrons. The van der Waals surface area contributed by atoms with Gasteiger partial charge in [0.15, 0.2) is 18.1 Å². The summed E-state index contributed by atoms with van der Waals surface area (Å²) in [5, 5.41) is 0. The van der Waals surface area contributed by atoms with Gasteiger partial charge in [-0.1, -0.05) is 12.1 Å². The van der Waals surface area contributed by atoms with E-state index in [1.807, 2.05) is 5.48 Å². The molecule has 3 N–H and O–H groups in total. The Kier molecular flexibility index (Phi) is 6.95. The van der Waals surface area contributed by atoms with E-state index in [0.29, 0.717) is 17.1 Å². The van der Waals surface area contributed by atoms with Crippen LogP contribution in [0.25, 0.3) is 6.08 Å². The monoisotopic (exact) mass is 413 g/mol. The maximum absolute atomic E-state index is 12.3. The van der Waals surface area contributed by atoms with Crippen molar-refractivity contribution >= 4 is 34.0 Å². The average Bonchev–Trinajstić information content (AvgIpc) is 2.86. The molecule has 0 radical (unpaired) electrons. The van der Waals surface area contributed by atoms with Crippen LogP contribution in [0.5, 0.6) is 11.5 Å². The number of aliphatic imine (C=N–C) groups is 1. The summed E-state index contributed by atoms with van der Waals surface area (Å²) in [5.74, 6) is -1.08. The van der Waals surface area contributed by atoms with Crippen LogP contribution in [0.15, 0.2) is 28.8 Å². The lowest BCUT2D eigenvalue weighted by Crippen LogP contribution is -2.34. The van der Waals surface area contributed by atoms with Crippen molar-refractivity contribution in [2.75, 3.05) is 26.6 Å². The predicted molar refractivity (Wildman–Crippen MR) is 97.7 cm³/mol. The topological polar surface area (TPSA) is 156 Å². The average molecular weight is 413 g/mol. The van der Waals surface area contributed by atoms with Crippen molar-refractivity contribution < 1.29 is 36.5 Å². The van der Waals surface area contributed by atoms with Gasteiger partial charge in [-0.05, 0) is 12.1 Å². The molecule has 1 aliphatic rings. The minimum atomic E-state index is -3.81. The fourth-order valence-corrected chi connectivity index (χ4v) is 2.36. The van der Waals surface area contributed by atoms with Gasteiger partial charge in [-0.2, -0.15) is 13.4 Å². The van der Waals surface area contributed by atoms with Gasteiger partial charge in [0.05, 0.1) is 20.0 Å². The third-order valence-corrected chi connectivity index (χ3v) is 3.71. The van der Waals surface area contributed by atoms with Crippen LogP contribution in [-0.4, -0.2) is 52.8 Å². The molecule has 0 spiro atoms. The molecule has 2 rings (SSSR count). The van der Waals surface area contributed by atoms with Gasteiger partial charge in [0, 0.05) is 17.6 Å². The van der Waals surface area contributed by atoms with Gasteiger partial charge in [-0.25, -0.2) is 10.3 Å². The summed E-state index contributed by atoms with van der Waals surface area (Å²) in [6, 6.07) is 4.97. The molecule has 1 aromatic carbocycles. The Hall–Kier alpha value is -3.12. The summed E-state index contributed by atoms with van der Waals surface area (Å²) in [6.45, 7) is -0.148. The molecule has 0 fully saturated rings. The van der Waals surface area contributed by atoms with E-state index in [2.05, 4.69) is 14.0 Å². The quantitative estimate of drug-likeness (QED) is 0.275. The van der Waals surface area contributed by atoms with Crippen LogP contribution < -0.4 is 20.7 Å². The number of amides is 1. The van der Waals surface area contributed by atoms with E-state index >= 15 is 0 Å². The number of guanidine groups is 1. The van der Waals surface area contributed by atoms with Gasteiger partial charge in [0.2, 0.25) is 5.96 Å². The fraction of sp³-hybridized carbons (Fsp3) is 0.312. The van der Waals surface area contributed by atoms with Crippen molar-refractivity contribution in [1.29, 1.82) is 0 Å². The SMILES string of the molecule is COC(=O)COc1cccc2c1OCCC(C(=O)N=C(N)NOS(C)(=O)=O)=C2. The summed E-state index contributed by atoms with van der Waals surface area (Å²) in [5.41, 5.74) is 8.11. The number of nitrogens with zero attached hydrogens (tertiary/aromatic N) is 1. The first-order valence-electron chi connectivity index (χ1n) is 7.88. The van der Waals surface area contributed by atoms with Gasteiger partial charge in [-0.3, -0.25) is 4.79 Å². The van der Waals surface area contributed by atoms with Crippen LogP contribution in [0, 0.1) is 0 Å². The number of hydrogen-bond acceptors (Lipinski definition) is 8. The Bertz CT molecular complexity index is 924. The zero-order valence-corrected chi connectivity index (χ0v) is 15.9. The lowest BCUT2D eigenvalue weighted by molar-refractivity contribution is -0.142. The number of rotatable bonds is 6. The van der Waals surface area contributed by atoms with Crippen molar-refractivity contribution in [1.82, 2.24) is 5.48 Å². The Morgan fingerprint density at radius 1 is 1.36 bits per heavy atom. The minimum Gasteiger partial charge on any atom is -0.489 e. The molecule has 0 saturated heterocycles. The Labute approximate surface area is 161 Å². The standard InChI is InChI=1S/C16H19N3O8S/c1-24-13(20)9-26-12-5-3-4-10-8-11(6-7-25-14(10)12)15(21)18-16(17)19-27-28(2,22)23/h3-5,8H,6-7,9H2,1-2H3,(H3,17,18,19,21). The number of nitrogens with two attached hydrogens (primary N) is 1. The first-order valence-corrected chi connectivity index (χ1v) is 9.70. The number of esters is 1. The number of para-hydroxylation sites is 1. The molecule has 0 aliphatic carbocycles. The molecule has 12 heteroatoms. The molecular formula is C16H19N3O8S. The summed E-state index contributed by atoms with van der Waals surface area (Å²) in [6.07, 6.45) is 2.56. The maximum atomic E-state index is 12.3. The fourth-order valence-electron chi connectivity index (χ4n) is 2.12. The van der Waals surface area contributed by atoms with Crippen LogP contribution in [-0.2, 0) is 28.7 Å². The Morgan fingerprint density at radius 3 is 2.79 bits per heavy atom.